The van der Waals surface area contributed by atoms with Crippen LogP contribution in [0, 0.1) is 5.82 Å². The van der Waals surface area contributed by atoms with E-state index < -0.39 is 15.8 Å². The number of methoxy groups -OCH3 is 1. The topological polar surface area (TPSA) is 98.5 Å². The summed E-state index contributed by atoms with van der Waals surface area (Å²) in [6.45, 7) is 0. The van der Waals surface area contributed by atoms with Gasteiger partial charge in [0.25, 0.3) is 10.0 Å². The maximum absolute atomic E-state index is 13.6. The molecule has 0 unspecified atom stereocenters. The number of hydrogen-bond donors (Lipinski definition) is 1. The lowest BCUT2D eigenvalue weighted by molar-refractivity contribution is 0.401. The summed E-state index contributed by atoms with van der Waals surface area (Å²) in [6.07, 6.45) is 1.47. The van der Waals surface area contributed by atoms with E-state index >= 15 is 0 Å². The van der Waals surface area contributed by atoms with Gasteiger partial charge in [0.05, 0.1) is 12.8 Å². The summed E-state index contributed by atoms with van der Waals surface area (Å²) < 4.78 is 48.0. The first-order chi connectivity index (χ1) is 13.5. The van der Waals surface area contributed by atoms with Crippen LogP contribution in [0.5, 0.6) is 5.75 Å². The number of benzene rings is 2. The summed E-state index contributed by atoms with van der Waals surface area (Å²) in [5.74, 6) is -0.633. The molecule has 0 fully saturated rings. The minimum absolute atomic E-state index is 0.0461. The molecule has 0 bridgehead atoms. The highest BCUT2D eigenvalue weighted by molar-refractivity contribution is 7.92. The van der Waals surface area contributed by atoms with Gasteiger partial charge in [-0.25, -0.2) is 12.8 Å². The second-order valence-corrected chi connectivity index (χ2v) is 7.48. The van der Waals surface area contributed by atoms with Gasteiger partial charge in [0.2, 0.25) is 0 Å². The van der Waals surface area contributed by atoms with Crippen molar-refractivity contribution in [1.29, 1.82) is 0 Å². The Morgan fingerprint density at radius 3 is 2.79 bits per heavy atom. The lowest BCUT2D eigenvalue weighted by Gasteiger charge is -2.12. The first-order valence-corrected chi connectivity index (χ1v) is 9.58. The highest BCUT2D eigenvalue weighted by atomic mass is 32.2. The Labute approximate surface area is 159 Å². The molecule has 0 saturated carbocycles. The normalized spacial score (nSPS) is 11.5. The van der Waals surface area contributed by atoms with Crippen LogP contribution in [0.15, 0.2) is 65.8 Å². The molecular weight excluding hydrogens is 385 g/mol. The van der Waals surface area contributed by atoms with Crippen LogP contribution in [-0.4, -0.2) is 35.3 Å². The summed E-state index contributed by atoms with van der Waals surface area (Å²) in [5.41, 5.74) is 2.19. The molecular formula is C18H14FN5O3S. The maximum atomic E-state index is 13.6. The molecule has 142 valence electrons. The van der Waals surface area contributed by atoms with Crippen molar-refractivity contribution in [3.8, 4) is 17.0 Å². The molecule has 0 aliphatic heterocycles. The highest BCUT2D eigenvalue weighted by Gasteiger charge is 2.21. The highest BCUT2D eigenvalue weighted by Crippen LogP contribution is 2.28. The van der Waals surface area contributed by atoms with E-state index in [4.69, 9.17) is 4.74 Å². The predicted octanol–water partition coefficient (Wildman–Crippen LogP) is 2.74. The van der Waals surface area contributed by atoms with E-state index in [0.29, 0.717) is 22.6 Å². The molecule has 0 aliphatic rings. The fourth-order valence-electron chi connectivity index (χ4n) is 2.70. The summed E-state index contributed by atoms with van der Waals surface area (Å²) in [5, 5.41) is 12.1. The first kappa shape index (κ1) is 17.9. The smallest absolute Gasteiger partial charge is 0.265 e. The number of aromatic nitrogens is 4. The molecule has 10 heteroatoms. The van der Waals surface area contributed by atoms with Crippen molar-refractivity contribution in [2.75, 3.05) is 11.8 Å². The van der Waals surface area contributed by atoms with Crippen molar-refractivity contribution in [2.45, 2.75) is 4.90 Å². The number of ether oxygens (including phenoxy) is 1. The molecule has 1 N–H and O–H groups in total. The molecule has 0 aliphatic carbocycles. The SMILES string of the molecule is COc1ccc(F)cc1S(=O)(=O)Nc1cccc(-c2ccc3nncn3n2)c1. The number of hydrogen-bond acceptors (Lipinski definition) is 6. The molecule has 0 radical (unpaired) electrons. The molecule has 0 amide bonds. The number of anilines is 1. The average Bonchev–Trinajstić information content (AvgIpc) is 3.15. The lowest BCUT2D eigenvalue weighted by atomic mass is 10.1. The number of halogens is 1. The zero-order chi connectivity index (χ0) is 19.7. The fraction of sp³-hybridized carbons (Fsp3) is 0.0556. The average molecular weight is 399 g/mol. The minimum atomic E-state index is -4.06. The van der Waals surface area contributed by atoms with Crippen molar-refractivity contribution in [1.82, 2.24) is 19.8 Å². The molecule has 2 heterocycles. The van der Waals surface area contributed by atoms with E-state index in [1.165, 1.54) is 24.0 Å². The van der Waals surface area contributed by atoms with Crippen LogP contribution in [0.1, 0.15) is 0 Å². The second-order valence-electron chi connectivity index (χ2n) is 5.83. The van der Waals surface area contributed by atoms with E-state index in [1.54, 1.807) is 36.4 Å². The Hall–Kier alpha value is -3.53. The lowest BCUT2D eigenvalue weighted by Crippen LogP contribution is -2.14. The fourth-order valence-corrected chi connectivity index (χ4v) is 3.93. The molecule has 0 saturated heterocycles. The molecule has 0 spiro atoms. The van der Waals surface area contributed by atoms with Gasteiger partial charge in [-0.1, -0.05) is 12.1 Å². The first-order valence-electron chi connectivity index (χ1n) is 8.10. The van der Waals surface area contributed by atoms with Gasteiger partial charge in [-0.3, -0.25) is 4.72 Å². The molecule has 28 heavy (non-hydrogen) atoms. The van der Waals surface area contributed by atoms with Crippen LogP contribution >= 0.6 is 0 Å². The zero-order valence-corrected chi connectivity index (χ0v) is 15.4. The van der Waals surface area contributed by atoms with Crippen LogP contribution in [-0.2, 0) is 10.0 Å². The van der Waals surface area contributed by atoms with E-state index in [-0.39, 0.29) is 10.6 Å². The largest absolute Gasteiger partial charge is 0.495 e. The van der Waals surface area contributed by atoms with Crippen LogP contribution in [0.2, 0.25) is 0 Å². The Bertz CT molecular complexity index is 1270. The number of sulfonamides is 1. The maximum Gasteiger partial charge on any atom is 0.265 e. The third-order valence-electron chi connectivity index (χ3n) is 3.99. The summed E-state index contributed by atoms with van der Waals surface area (Å²) in [4.78, 5) is -0.288. The van der Waals surface area contributed by atoms with Crippen LogP contribution in [0.3, 0.4) is 0 Å². The standard InChI is InChI=1S/C18H14FN5O3S/c1-27-16-7-5-13(19)10-17(16)28(25,26)23-14-4-2-3-12(9-14)15-6-8-18-21-20-11-24(18)22-15/h2-11,23H,1H3. The molecule has 0 atom stereocenters. The Kier molecular flexibility index (Phi) is 4.40. The Morgan fingerprint density at radius 1 is 1.11 bits per heavy atom. The van der Waals surface area contributed by atoms with E-state index in [0.717, 1.165) is 12.1 Å². The third-order valence-corrected chi connectivity index (χ3v) is 5.39. The number of nitrogens with zero attached hydrogens (tertiary/aromatic N) is 4. The van der Waals surface area contributed by atoms with Crippen LogP contribution < -0.4 is 9.46 Å². The van der Waals surface area contributed by atoms with E-state index in [2.05, 4.69) is 20.0 Å². The van der Waals surface area contributed by atoms with Gasteiger partial charge in [-0.2, -0.15) is 9.61 Å². The van der Waals surface area contributed by atoms with Crippen LogP contribution in [0.4, 0.5) is 10.1 Å². The predicted molar refractivity (Wildman–Crippen MR) is 100.0 cm³/mol. The number of fused-ring (bicyclic) bond motifs is 1. The van der Waals surface area contributed by atoms with Gasteiger partial charge in [-0.05, 0) is 42.5 Å². The van der Waals surface area contributed by atoms with Gasteiger partial charge in [0.15, 0.2) is 5.65 Å². The molecule has 4 aromatic rings. The third kappa shape index (κ3) is 3.37. The minimum Gasteiger partial charge on any atom is -0.495 e. The van der Waals surface area contributed by atoms with Gasteiger partial charge < -0.3 is 4.74 Å². The van der Waals surface area contributed by atoms with Crippen molar-refractivity contribution in [3.05, 3.63) is 66.7 Å². The second kappa shape index (κ2) is 6.89. The van der Waals surface area contributed by atoms with E-state index in [1.807, 2.05) is 0 Å². The van der Waals surface area contributed by atoms with Crippen molar-refractivity contribution in [3.63, 3.8) is 0 Å². The van der Waals surface area contributed by atoms with Crippen LogP contribution in [0.25, 0.3) is 16.9 Å². The zero-order valence-electron chi connectivity index (χ0n) is 14.6. The van der Waals surface area contributed by atoms with Gasteiger partial charge in [-0.15, -0.1) is 10.2 Å². The van der Waals surface area contributed by atoms with Gasteiger partial charge in [0, 0.05) is 11.3 Å². The molecule has 8 nitrogen and oxygen atoms in total. The summed E-state index contributed by atoms with van der Waals surface area (Å²) in [7, 11) is -2.74. The van der Waals surface area contributed by atoms with Gasteiger partial charge in [0.1, 0.15) is 22.8 Å². The van der Waals surface area contributed by atoms with Crippen molar-refractivity contribution < 1.29 is 17.5 Å². The number of nitrogens with one attached hydrogen (secondary N) is 1. The molecule has 2 aromatic heterocycles. The number of rotatable bonds is 5. The molecule has 2 aromatic carbocycles. The summed E-state index contributed by atoms with van der Waals surface area (Å²) in [6, 6.07) is 13.5. The monoisotopic (exact) mass is 399 g/mol. The van der Waals surface area contributed by atoms with E-state index in [9.17, 15) is 12.8 Å². The quantitative estimate of drug-likeness (QED) is 0.554. The Balaban J connectivity index is 1.69. The summed E-state index contributed by atoms with van der Waals surface area (Å²) >= 11 is 0. The molecule has 4 rings (SSSR count). The van der Waals surface area contributed by atoms with Crippen molar-refractivity contribution >= 4 is 21.4 Å². The van der Waals surface area contributed by atoms with Crippen molar-refractivity contribution in [2.24, 2.45) is 0 Å². The van der Waals surface area contributed by atoms with Gasteiger partial charge >= 0.3 is 0 Å². The Morgan fingerprint density at radius 2 is 1.96 bits per heavy atom.